The summed E-state index contributed by atoms with van der Waals surface area (Å²) in [7, 11) is 0. The van der Waals surface area contributed by atoms with Gasteiger partial charge in [-0.25, -0.2) is 0 Å². The summed E-state index contributed by atoms with van der Waals surface area (Å²) in [5.74, 6) is -1.55. The number of carbonyl (C=O) groups is 2. The minimum Gasteiger partial charge on any atom is -0.458 e. The first-order chi connectivity index (χ1) is 17.7. The fraction of sp³-hybridized carbons (Fsp3) is 0.767. The van der Waals surface area contributed by atoms with E-state index in [0.717, 1.165) is 49.2 Å². The number of hydrogen-bond donors (Lipinski definition) is 2. The molecule has 0 aromatic carbocycles. The molecule has 0 unspecified atom stereocenters. The van der Waals surface area contributed by atoms with E-state index in [1.54, 1.807) is 20.8 Å². The van der Waals surface area contributed by atoms with Crippen LogP contribution in [0.2, 0.25) is 0 Å². The molecule has 38 heavy (non-hydrogen) atoms. The Labute approximate surface area is 227 Å². The Bertz CT molecular complexity index is 1030. The summed E-state index contributed by atoms with van der Waals surface area (Å²) in [6, 6.07) is 2.02. The number of rotatable bonds is 4. The molecule has 8 nitrogen and oxygen atoms in total. The van der Waals surface area contributed by atoms with Crippen molar-refractivity contribution in [3.05, 3.63) is 23.0 Å². The third kappa shape index (κ3) is 6.93. The zero-order valence-electron chi connectivity index (χ0n) is 24.5. The van der Waals surface area contributed by atoms with Crippen LogP contribution in [0.1, 0.15) is 98.4 Å². The normalized spacial score (nSPS) is 35.5. The lowest BCUT2D eigenvalue weighted by Crippen LogP contribution is -2.45. The molecule has 3 rings (SSSR count). The molecule has 7 atom stereocenters. The van der Waals surface area contributed by atoms with Crippen LogP contribution in [0.4, 0.5) is 0 Å². The standard InChI is InChI=1S/C30H48N2O6/c1-9-13-32-22(15-20(4)31-32)14-19(3)23-16-25-30(8,38-25)12-10-11-18(2)27(35)21(5)28(36)29(6,7)24(33)17-26(34)37-23/h14-15,18,21,23-25,27,33,35H,9-13,16-17H2,1-8H3/b19-14+/t18-,21+,23-,24-,25-,27-,30+/m0/s1. The Morgan fingerprint density at radius 1 is 1.24 bits per heavy atom. The van der Waals surface area contributed by atoms with Gasteiger partial charge in [-0.3, -0.25) is 14.3 Å². The first-order valence-corrected chi connectivity index (χ1v) is 14.2. The van der Waals surface area contributed by atoms with Gasteiger partial charge in [-0.1, -0.05) is 41.0 Å². The number of hydrogen-bond acceptors (Lipinski definition) is 7. The fourth-order valence-corrected chi connectivity index (χ4v) is 5.69. The van der Waals surface area contributed by atoms with Crippen molar-refractivity contribution in [2.75, 3.05) is 0 Å². The highest BCUT2D eigenvalue weighted by Crippen LogP contribution is 2.45. The second kappa shape index (κ2) is 12.0. The van der Waals surface area contributed by atoms with Crippen molar-refractivity contribution >= 4 is 17.8 Å². The molecule has 0 amide bonds. The maximum atomic E-state index is 13.3. The van der Waals surface area contributed by atoms with E-state index in [1.165, 1.54) is 0 Å². The van der Waals surface area contributed by atoms with Gasteiger partial charge in [0.2, 0.25) is 0 Å². The van der Waals surface area contributed by atoms with E-state index in [4.69, 9.17) is 9.47 Å². The number of carbonyl (C=O) groups excluding carboxylic acids is 2. The third-order valence-corrected chi connectivity index (χ3v) is 8.66. The van der Waals surface area contributed by atoms with Crippen molar-refractivity contribution < 1.29 is 29.3 Å². The van der Waals surface area contributed by atoms with Crippen LogP contribution in [0.15, 0.2) is 11.6 Å². The van der Waals surface area contributed by atoms with Gasteiger partial charge in [0.25, 0.3) is 0 Å². The van der Waals surface area contributed by atoms with E-state index in [1.807, 2.05) is 37.6 Å². The van der Waals surface area contributed by atoms with E-state index >= 15 is 0 Å². The minimum absolute atomic E-state index is 0.0547. The number of aromatic nitrogens is 2. The topological polar surface area (TPSA) is 114 Å². The maximum absolute atomic E-state index is 13.3. The van der Waals surface area contributed by atoms with Gasteiger partial charge in [0.05, 0.1) is 47.1 Å². The Kier molecular flexibility index (Phi) is 9.64. The molecule has 2 N–H and O–H groups in total. The van der Waals surface area contributed by atoms with E-state index < -0.39 is 35.6 Å². The van der Waals surface area contributed by atoms with Gasteiger partial charge in [-0.05, 0) is 63.7 Å². The fourth-order valence-electron chi connectivity index (χ4n) is 5.69. The summed E-state index contributed by atoms with van der Waals surface area (Å²) >= 11 is 0. The van der Waals surface area contributed by atoms with E-state index in [-0.39, 0.29) is 29.8 Å². The number of aliphatic hydroxyl groups excluding tert-OH is 2. The zero-order valence-corrected chi connectivity index (χ0v) is 24.5. The molecule has 1 aromatic heterocycles. The Balaban J connectivity index is 1.89. The lowest BCUT2D eigenvalue weighted by atomic mass is 9.73. The molecule has 3 heterocycles. The number of epoxide rings is 1. The molecule has 0 saturated carbocycles. The van der Waals surface area contributed by atoms with Crippen LogP contribution in [-0.2, 0) is 25.6 Å². The number of fused-ring (bicyclic) bond motifs is 1. The van der Waals surface area contributed by atoms with E-state index in [9.17, 15) is 19.8 Å². The smallest absolute Gasteiger partial charge is 0.309 e. The molecule has 214 valence electrons. The Hall–Kier alpha value is -2.03. The molecule has 0 radical (unpaired) electrons. The predicted octanol–water partition coefficient (Wildman–Crippen LogP) is 4.63. The van der Waals surface area contributed by atoms with Crippen molar-refractivity contribution in [2.24, 2.45) is 17.3 Å². The summed E-state index contributed by atoms with van der Waals surface area (Å²) < 4.78 is 14.0. The van der Waals surface area contributed by atoms with Crippen molar-refractivity contribution in [1.29, 1.82) is 0 Å². The largest absolute Gasteiger partial charge is 0.458 e. The second-order valence-electron chi connectivity index (χ2n) is 12.4. The number of cyclic esters (lactones) is 1. The van der Waals surface area contributed by atoms with Crippen molar-refractivity contribution in [3.8, 4) is 0 Å². The lowest BCUT2D eigenvalue weighted by molar-refractivity contribution is -0.154. The van der Waals surface area contributed by atoms with Crippen LogP contribution < -0.4 is 0 Å². The lowest BCUT2D eigenvalue weighted by Gasteiger charge is -2.34. The predicted molar refractivity (Wildman–Crippen MR) is 146 cm³/mol. The Morgan fingerprint density at radius 3 is 2.58 bits per heavy atom. The Morgan fingerprint density at radius 2 is 1.92 bits per heavy atom. The summed E-state index contributed by atoms with van der Waals surface area (Å²) in [6.07, 6.45) is 2.98. The molecular formula is C30H48N2O6. The van der Waals surface area contributed by atoms with Crippen molar-refractivity contribution in [2.45, 2.75) is 130 Å². The highest BCUT2D eigenvalue weighted by atomic mass is 16.6. The number of nitrogens with zero attached hydrogens (tertiary/aromatic N) is 2. The summed E-state index contributed by atoms with van der Waals surface area (Å²) in [5.41, 5.74) is 1.24. The van der Waals surface area contributed by atoms with E-state index in [0.29, 0.717) is 6.42 Å². The third-order valence-electron chi connectivity index (χ3n) is 8.66. The van der Waals surface area contributed by atoms with Crippen LogP contribution in [0.3, 0.4) is 0 Å². The van der Waals surface area contributed by atoms with Crippen LogP contribution in [0.25, 0.3) is 6.08 Å². The summed E-state index contributed by atoms with van der Waals surface area (Å²) in [4.78, 5) is 26.4. The molecule has 2 aliphatic rings. The van der Waals surface area contributed by atoms with Crippen molar-refractivity contribution in [3.63, 3.8) is 0 Å². The monoisotopic (exact) mass is 532 g/mol. The average molecular weight is 533 g/mol. The molecular weight excluding hydrogens is 484 g/mol. The molecule has 2 aliphatic heterocycles. The quantitative estimate of drug-likeness (QED) is 0.429. The molecule has 0 spiro atoms. The second-order valence-corrected chi connectivity index (χ2v) is 12.4. The molecule has 1 aromatic rings. The van der Waals surface area contributed by atoms with Crippen molar-refractivity contribution in [1.82, 2.24) is 9.78 Å². The summed E-state index contributed by atoms with van der Waals surface area (Å²) in [5, 5.41) is 26.4. The molecule has 8 heteroatoms. The molecule has 0 aliphatic carbocycles. The van der Waals surface area contributed by atoms with Crippen LogP contribution in [0, 0.1) is 24.2 Å². The van der Waals surface area contributed by atoms with Gasteiger partial charge in [-0.2, -0.15) is 5.10 Å². The van der Waals surface area contributed by atoms with Gasteiger partial charge < -0.3 is 19.7 Å². The van der Waals surface area contributed by atoms with Gasteiger partial charge in [0, 0.05) is 18.9 Å². The number of aliphatic hydroxyl groups is 2. The molecule has 0 bridgehead atoms. The van der Waals surface area contributed by atoms with Crippen LogP contribution >= 0.6 is 0 Å². The van der Waals surface area contributed by atoms with Gasteiger partial charge in [-0.15, -0.1) is 0 Å². The van der Waals surface area contributed by atoms with Gasteiger partial charge in [0.15, 0.2) is 0 Å². The highest BCUT2D eigenvalue weighted by Gasteiger charge is 2.53. The summed E-state index contributed by atoms with van der Waals surface area (Å²) in [6.45, 7) is 15.8. The maximum Gasteiger partial charge on any atom is 0.309 e. The minimum atomic E-state index is -1.23. The number of ether oxygens (including phenoxy) is 2. The van der Waals surface area contributed by atoms with E-state index in [2.05, 4.69) is 18.9 Å². The number of aryl methyl sites for hydroxylation is 2. The SMILES string of the molecule is CCCn1nc(C)cc1/C=C(\C)[C@@H]1C[C@@H]2O[C@]2(C)CCC[C@H](C)[C@H](O)[C@@H](C)C(=O)C(C)(C)[C@@H](O)CC(=O)O1. The van der Waals surface area contributed by atoms with Gasteiger partial charge in [0.1, 0.15) is 11.9 Å². The number of Topliss-reactive ketones (excluding diaryl/α,β-unsaturated/α-hetero) is 1. The first kappa shape index (κ1) is 30.5. The van der Waals surface area contributed by atoms with Crippen LogP contribution in [-0.4, -0.2) is 61.8 Å². The average Bonchev–Trinajstić information content (AvgIpc) is 3.34. The van der Waals surface area contributed by atoms with Crippen LogP contribution in [0.5, 0.6) is 0 Å². The first-order valence-electron chi connectivity index (χ1n) is 14.2. The number of esters is 1. The molecule has 2 saturated heterocycles. The highest BCUT2D eigenvalue weighted by molar-refractivity contribution is 5.88. The molecule has 2 fully saturated rings. The zero-order chi connectivity index (χ0) is 28.4. The van der Waals surface area contributed by atoms with Gasteiger partial charge >= 0.3 is 5.97 Å². The number of ketones is 1.